The smallest absolute Gasteiger partial charge is 0.332 e. The molecule has 0 rings (SSSR count). The summed E-state index contributed by atoms with van der Waals surface area (Å²) in [6, 6.07) is 0. The minimum Gasteiger partial charge on any atom is -0.466 e. The summed E-state index contributed by atoms with van der Waals surface area (Å²) < 4.78 is 4.27. The van der Waals surface area contributed by atoms with E-state index < -0.39 is 0 Å². The molecule has 0 fully saturated rings. The molecular formula is C5H8O2Zr. The largest absolute Gasteiger partial charge is 0.466 e. The van der Waals surface area contributed by atoms with Gasteiger partial charge < -0.3 is 4.74 Å². The number of esters is 1. The molecule has 8 heavy (non-hydrogen) atoms. The number of methoxy groups -OCH3 is 1. The van der Waals surface area contributed by atoms with E-state index in [-0.39, 0.29) is 32.2 Å². The zero-order valence-electron chi connectivity index (χ0n) is 5.02. The molecule has 0 unspecified atom stereocenters. The van der Waals surface area contributed by atoms with Gasteiger partial charge in [0.15, 0.2) is 0 Å². The predicted molar refractivity (Wildman–Crippen MR) is 26.8 cm³/mol. The third-order valence-corrected chi connectivity index (χ3v) is 0.534. The second-order valence-electron chi connectivity index (χ2n) is 1.27. The van der Waals surface area contributed by atoms with Crippen molar-refractivity contribution in [2.75, 3.05) is 7.11 Å². The minimum absolute atomic E-state index is 0. The Morgan fingerprint density at radius 2 is 2.00 bits per heavy atom. The van der Waals surface area contributed by atoms with Crippen LogP contribution in [0.15, 0.2) is 12.2 Å². The number of hydrogen-bond donors (Lipinski definition) is 0. The van der Waals surface area contributed by atoms with Crippen LogP contribution in [0, 0.1) is 0 Å². The maximum absolute atomic E-state index is 10.2. The van der Waals surface area contributed by atoms with E-state index in [9.17, 15) is 4.79 Å². The van der Waals surface area contributed by atoms with Gasteiger partial charge in [0, 0.05) is 31.8 Å². The summed E-state index contributed by atoms with van der Waals surface area (Å²) in [7, 11) is 1.33. The predicted octanol–water partition coefficient (Wildman–Crippen LogP) is 0.733. The van der Waals surface area contributed by atoms with Gasteiger partial charge in [0.05, 0.1) is 7.11 Å². The molecule has 0 spiro atoms. The van der Waals surface area contributed by atoms with Crippen LogP contribution < -0.4 is 0 Å². The zero-order valence-corrected chi connectivity index (χ0v) is 7.48. The first-order valence-corrected chi connectivity index (χ1v) is 1.92. The van der Waals surface area contributed by atoms with Crippen molar-refractivity contribution in [2.45, 2.75) is 6.92 Å². The maximum Gasteiger partial charge on any atom is 0.332 e. The second kappa shape index (κ2) is 5.23. The zero-order chi connectivity index (χ0) is 5.86. The van der Waals surface area contributed by atoms with Gasteiger partial charge >= 0.3 is 5.97 Å². The molecule has 0 saturated heterocycles. The summed E-state index contributed by atoms with van der Waals surface area (Å²) >= 11 is 0. The molecule has 0 atom stereocenters. The van der Waals surface area contributed by atoms with Gasteiger partial charge in [0.25, 0.3) is 0 Å². The van der Waals surface area contributed by atoms with Gasteiger partial charge in [-0.1, -0.05) is 6.58 Å². The first-order valence-electron chi connectivity index (χ1n) is 1.92. The van der Waals surface area contributed by atoms with Crippen LogP contribution in [0.2, 0.25) is 0 Å². The van der Waals surface area contributed by atoms with Gasteiger partial charge in [-0.2, -0.15) is 0 Å². The van der Waals surface area contributed by atoms with Gasteiger partial charge in [-0.3, -0.25) is 0 Å². The Morgan fingerprint density at radius 1 is 1.62 bits per heavy atom. The Balaban J connectivity index is 0. The van der Waals surface area contributed by atoms with Crippen molar-refractivity contribution >= 4 is 5.97 Å². The third-order valence-electron chi connectivity index (χ3n) is 0.534. The van der Waals surface area contributed by atoms with Gasteiger partial charge in [0.2, 0.25) is 0 Å². The van der Waals surface area contributed by atoms with Gasteiger partial charge in [-0.25, -0.2) is 4.79 Å². The van der Waals surface area contributed by atoms with Crippen molar-refractivity contribution in [1.82, 2.24) is 0 Å². The monoisotopic (exact) mass is 190 g/mol. The van der Waals surface area contributed by atoms with Gasteiger partial charge in [0.1, 0.15) is 0 Å². The molecule has 2 nitrogen and oxygen atoms in total. The van der Waals surface area contributed by atoms with E-state index >= 15 is 0 Å². The number of ether oxygens (including phenoxy) is 1. The van der Waals surface area contributed by atoms with Gasteiger partial charge in [-0.05, 0) is 6.92 Å². The van der Waals surface area contributed by atoms with Crippen LogP contribution in [0.25, 0.3) is 0 Å². The molecular weight excluding hydrogens is 183 g/mol. The molecule has 0 aromatic heterocycles. The SMILES string of the molecule is C=C(C)C(=O)OC.[Zr]. The van der Waals surface area contributed by atoms with E-state index in [0.29, 0.717) is 5.57 Å². The molecule has 0 aliphatic rings. The standard InChI is InChI=1S/C5H8O2.Zr/c1-4(2)5(6)7-3;/h1H2,2-3H3;. The summed E-state index contributed by atoms with van der Waals surface area (Å²) in [5.74, 6) is -0.347. The van der Waals surface area contributed by atoms with Crippen molar-refractivity contribution < 1.29 is 35.7 Å². The summed E-state index contributed by atoms with van der Waals surface area (Å²) in [5.41, 5.74) is 0.433. The average molecular weight is 191 g/mol. The fourth-order valence-corrected chi connectivity index (χ4v) is 0.174. The fraction of sp³-hybridized carbons (Fsp3) is 0.400. The molecule has 0 bridgehead atoms. The van der Waals surface area contributed by atoms with E-state index in [2.05, 4.69) is 11.3 Å². The van der Waals surface area contributed by atoms with E-state index in [4.69, 9.17) is 0 Å². The number of carbonyl (C=O) groups excluding carboxylic acids is 1. The molecule has 0 saturated carbocycles. The summed E-state index contributed by atoms with van der Waals surface area (Å²) in [4.78, 5) is 10.2. The Hall–Kier alpha value is 0.0931. The summed E-state index contributed by atoms with van der Waals surface area (Å²) in [5, 5.41) is 0. The van der Waals surface area contributed by atoms with Crippen molar-refractivity contribution in [3.05, 3.63) is 12.2 Å². The molecule has 0 heterocycles. The first-order chi connectivity index (χ1) is 3.18. The van der Waals surface area contributed by atoms with Crippen LogP contribution in [0.3, 0.4) is 0 Å². The molecule has 44 valence electrons. The molecule has 0 aliphatic heterocycles. The number of hydrogen-bond acceptors (Lipinski definition) is 2. The molecule has 0 radical (unpaired) electrons. The summed E-state index contributed by atoms with van der Waals surface area (Å²) in [6.45, 7) is 4.95. The van der Waals surface area contributed by atoms with Crippen molar-refractivity contribution in [3.8, 4) is 0 Å². The molecule has 0 aromatic carbocycles. The van der Waals surface area contributed by atoms with Crippen molar-refractivity contribution in [2.24, 2.45) is 0 Å². The van der Waals surface area contributed by atoms with Crippen LogP contribution in [-0.4, -0.2) is 13.1 Å². The molecule has 0 amide bonds. The minimum atomic E-state index is -0.347. The molecule has 3 heteroatoms. The number of carbonyl (C=O) groups is 1. The Morgan fingerprint density at radius 3 is 2.00 bits per heavy atom. The van der Waals surface area contributed by atoms with E-state index in [1.807, 2.05) is 0 Å². The van der Waals surface area contributed by atoms with E-state index in [1.165, 1.54) is 7.11 Å². The molecule has 0 aromatic rings. The third kappa shape index (κ3) is 4.26. The first kappa shape index (κ1) is 11.0. The van der Waals surface area contributed by atoms with Crippen LogP contribution in [0.1, 0.15) is 6.92 Å². The van der Waals surface area contributed by atoms with Crippen LogP contribution in [-0.2, 0) is 35.7 Å². The van der Waals surface area contributed by atoms with Crippen molar-refractivity contribution in [1.29, 1.82) is 0 Å². The maximum atomic E-state index is 10.2. The quantitative estimate of drug-likeness (QED) is 0.451. The van der Waals surface area contributed by atoms with Crippen LogP contribution in [0.5, 0.6) is 0 Å². The summed E-state index contributed by atoms with van der Waals surface area (Å²) in [6.07, 6.45) is 0. The Bertz CT molecular complexity index is 98.6. The second-order valence-corrected chi connectivity index (χ2v) is 1.27. The van der Waals surface area contributed by atoms with Crippen molar-refractivity contribution in [3.63, 3.8) is 0 Å². The van der Waals surface area contributed by atoms with E-state index in [0.717, 1.165) is 0 Å². The van der Waals surface area contributed by atoms with Crippen LogP contribution in [0.4, 0.5) is 0 Å². The van der Waals surface area contributed by atoms with E-state index in [1.54, 1.807) is 6.92 Å². The molecule has 0 aliphatic carbocycles. The van der Waals surface area contributed by atoms with Crippen LogP contribution >= 0.6 is 0 Å². The average Bonchev–Trinajstić information content (AvgIpc) is 1.65. The fourth-order valence-electron chi connectivity index (χ4n) is 0.174. The van der Waals surface area contributed by atoms with Gasteiger partial charge in [-0.15, -0.1) is 0 Å². The number of rotatable bonds is 1. The normalized spacial score (nSPS) is 6.75. The Kier molecular flexibility index (Phi) is 7.18. The molecule has 0 N–H and O–H groups in total. The topological polar surface area (TPSA) is 26.3 Å². The Labute approximate surface area is 68.0 Å².